The summed E-state index contributed by atoms with van der Waals surface area (Å²) in [5, 5.41) is 0.827. The summed E-state index contributed by atoms with van der Waals surface area (Å²) in [5.74, 6) is -0.148. The van der Waals surface area contributed by atoms with Crippen LogP contribution in [0.5, 0.6) is 5.75 Å². The molecule has 0 saturated carbocycles. The molecule has 7 nitrogen and oxygen atoms in total. The van der Waals surface area contributed by atoms with E-state index in [1.165, 1.54) is 4.90 Å². The van der Waals surface area contributed by atoms with Gasteiger partial charge in [0.2, 0.25) is 0 Å². The Morgan fingerprint density at radius 2 is 2.16 bits per heavy atom. The van der Waals surface area contributed by atoms with E-state index in [1.807, 2.05) is 50.2 Å². The van der Waals surface area contributed by atoms with Crippen molar-refractivity contribution in [2.24, 2.45) is 0 Å². The molecule has 0 fully saturated rings. The molecule has 1 unspecified atom stereocenters. The quantitative estimate of drug-likeness (QED) is 0.385. The van der Waals surface area contributed by atoms with Crippen molar-refractivity contribution in [3.8, 4) is 27.7 Å². The van der Waals surface area contributed by atoms with Gasteiger partial charge < -0.3 is 9.47 Å². The number of fused-ring (bicyclic) bond motifs is 1. The number of amides is 1. The lowest BCUT2D eigenvalue weighted by Gasteiger charge is -2.33. The van der Waals surface area contributed by atoms with Gasteiger partial charge in [0, 0.05) is 16.6 Å². The Balaban J connectivity index is 1.67. The van der Waals surface area contributed by atoms with Crippen LogP contribution in [0.3, 0.4) is 0 Å². The Bertz CT molecular complexity index is 1130. The maximum atomic E-state index is 12.7. The van der Waals surface area contributed by atoms with Gasteiger partial charge in [0.05, 0.1) is 23.7 Å². The van der Waals surface area contributed by atoms with E-state index in [9.17, 15) is 9.59 Å². The van der Waals surface area contributed by atoms with Crippen molar-refractivity contribution in [2.75, 3.05) is 18.1 Å². The maximum absolute atomic E-state index is 12.7. The Morgan fingerprint density at radius 3 is 2.91 bits per heavy atom. The highest BCUT2D eigenvalue weighted by Crippen LogP contribution is 2.39. The SMILES string of the molecule is CCCCOC(=O)C(C)N1C(=O)COc2ccc(-c3nc(-c4ccccn4)sc3C)cc21. The second-order valence-electron chi connectivity index (χ2n) is 7.57. The van der Waals surface area contributed by atoms with Crippen LogP contribution in [0.2, 0.25) is 0 Å². The maximum Gasteiger partial charge on any atom is 0.328 e. The van der Waals surface area contributed by atoms with Crippen LogP contribution in [0.15, 0.2) is 42.6 Å². The Hall–Kier alpha value is -3.26. The largest absolute Gasteiger partial charge is 0.482 e. The number of aromatic nitrogens is 2. The normalized spacial score (nSPS) is 14.0. The monoisotopic (exact) mass is 451 g/mol. The average Bonchev–Trinajstić information content (AvgIpc) is 3.20. The molecule has 1 aliphatic rings. The first kappa shape index (κ1) is 22.0. The molecule has 1 amide bonds. The minimum Gasteiger partial charge on any atom is -0.482 e. The molecule has 166 valence electrons. The minimum absolute atomic E-state index is 0.113. The van der Waals surface area contributed by atoms with E-state index < -0.39 is 12.0 Å². The van der Waals surface area contributed by atoms with Gasteiger partial charge in [-0.15, -0.1) is 11.3 Å². The van der Waals surface area contributed by atoms with Crippen LogP contribution in [-0.2, 0) is 14.3 Å². The third-order valence-electron chi connectivity index (χ3n) is 5.26. The predicted molar refractivity (Wildman–Crippen MR) is 124 cm³/mol. The van der Waals surface area contributed by atoms with Crippen molar-refractivity contribution in [1.82, 2.24) is 9.97 Å². The Kier molecular flexibility index (Phi) is 6.50. The molecule has 2 aromatic heterocycles. The zero-order valence-corrected chi connectivity index (χ0v) is 19.1. The first-order valence-corrected chi connectivity index (χ1v) is 11.5. The standard InChI is InChI=1S/C24H25N3O4S/c1-4-5-12-30-24(29)15(2)27-19-13-17(9-10-20(19)31-14-21(27)28)22-16(3)32-23(26-22)18-8-6-7-11-25-18/h6-11,13,15H,4-5,12,14H2,1-3H3. The number of hydrogen-bond acceptors (Lipinski definition) is 7. The summed E-state index contributed by atoms with van der Waals surface area (Å²) in [4.78, 5) is 37.0. The highest BCUT2D eigenvalue weighted by atomic mass is 32.1. The van der Waals surface area contributed by atoms with Crippen molar-refractivity contribution in [3.63, 3.8) is 0 Å². The fourth-order valence-corrected chi connectivity index (χ4v) is 4.46. The summed E-state index contributed by atoms with van der Waals surface area (Å²) < 4.78 is 11.0. The molecule has 4 rings (SSSR count). The molecule has 0 saturated heterocycles. The molecule has 0 radical (unpaired) electrons. The summed E-state index contributed by atoms with van der Waals surface area (Å²) in [7, 11) is 0. The number of pyridine rings is 1. The van der Waals surface area contributed by atoms with Gasteiger partial charge in [-0.05, 0) is 50.6 Å². The number of thiazole rings is 1. The number of esters is 1. The lowest BCUT2D eigenvalue weighted by atomic mass is 10.1. The molecule has 32 heavy (non-hydrogen) atoms. The molecule has 0 bridgehead atoms. The van der Waals surface area contributed by atoms with E-state index in [0.717, 1.165) is 39.7 Å². The molecular weight excluding hydrogens is 426 g/mol. The van der Waals surface area contributed by atoms with E-state index in [4.69, 9.17) is 14.5 Å². The van der Waals surface area contributed by atoms with Crippen molar-refractivity contribution in [1.29, 1.82) is 0 Å². The van der Waals surface area contributed by atoms with E-state index in [-0.39, 0.29) is 12.5 Å². The number of benzene rings is 1. The van der Waals surface area contributed by atoms with Crippen LogP contribution >= 0.6 is 11.3 Å². The zero-order chi connectivity index (χ0) is 22.7. The fourth-order valence-electron chi connectivity index (χ4n) is 3.55. The summed E-state index contributed by atoms with van der Waals surface area (Å²) in [5.41, 5.74) is 3.02. The number of carbonyl (C=O) groups excluding carboxylic acids is 2. The summed E-state index contributed by atoms with van der Waals surface area (Å²) in [6.45, 7) is 5.95. The number of carbonyl (C=O) groups is 2. The van der Waals surface area contributed by atoms with Gasteiger partial charge in [-0.1, -0.05) is 19.4 Å². The number of unbranched alkanes of at least 4 members (excludes halogenated alkanes) is 1. The van der Waals surface area contributed by atoms with Gasteiger partial charge >= 0.3 is 5.97 Å². The van der Waals surface area contributed by atoms with Gasteiger partial charge in [0.1, 0.15) is 16.8 Å². The van der Waals surface area contributed by atoms with Gasteiger partial charge in [-0.3, -0.25) is 14.7 Å². The highest BCUT2D eigenvalue weighted by molar-refractivity contribution is 7.15. The van der Waals surface area contributed by atoms with Crippen LogP contribution in [0, 0.1) is 6.92 Å². The molecule has 1 aromatic carbocycles. The molecule has 8 heteroatoms. The lowest BCUT2D eigenvalue weighted by molar-refractivity contribution is -0.146. The fraction of sp³-hybridized carbons (Fsp3) is 0.333. The van der Waals surface area contributed by atoms with Gasteiger partial charge in [-0.2, -0.15) is 0 Å². The van der Waals surface area contributed by atoms with Crippen LogP contribution < -0.4 is 9.64 Å². The Morgan fingerprint density at radius 1 is 1.31 bits per heavy atom. The van der Waals surface area contributed by atoms with E-state index in [2.05, 4.69) is 4.98 Å². The molecule has 3 heterocycles. The van der Waals surface area contributed by atoms with Gasteiger partial charge in [-0.25, -0.2) is 9.78 Å². The van der Waals surface area contributed by atoms with Crippen molar-refractivity contribution in [3.05, 3.63) is 47.5 Å². The van der Waals surface area contributed by atoms with E-state index in [0.29, 0.717) is 18.0 Å². The average molecular weight is 452 g/mol. The summed E-state index contributed by atoms with van der Waals surface area (Å²) in [6.07, 6.45) is 3.46. The predicted octanol–water partition coefficient (Wildman–Crippen LogP) is 4.64. The van der Waals surface area contributed by atoms with Crippen LogP contribution in [0.25, 0.3) is 22.0 Å². The number of hydrogen-bond donors (Lipinski definition) is 0. The third-order valence-corrected chi connectivity index (χ3v) is 6.26. The van der Waals surface area contributed by atoms with Crippen LogP contribution in [0.4, 0.5) is 5.69 Å². The van der Waals surface area contributed by atoms with E-state index in [1.54, 1.807) is 24.5 Å². The second-order valence-corrected chi connectivity index (χ2v) is 8.77. The molecule has 0 N–H and O–H groups in total. The molecule has 1 aliphatic heterocycles. The number of aryl methyl sites for hydroxylation is 1. The smallest absolute Gasteiger partial charge is 0.328 e. The topological polar surface area (TPSA) is 81.6 Å². The zero-order valence-electron chi connectivity index (χ0n) is 18.3. The van der Waals surface area contributed by atoms with Crippen LogP contribution in [-0.4, -0.2) is 41.1 Å². The first-order valence-electron chi connectivity index (χ1n) is 10.6. The number of ether oxygens (including phenoxy) is 2. The molecule has 0 aliphatic carbocycles. The van der Waals surface area contributed by atoms with E-state index >= 15 is 0 Å². The highest BCUT2D eigenvalue weighted by Gasteiger charge is 2.34. The third kappa shape index (κ3) is 4.36. The first-order chi connectivity index (χ1) is 15.5. The van der Waals surface area contributed by atoms with Gasteiger partial charge in [0.25, 0.3) is 5.91 Å². The molecule has 1 atom stereocenters. The number of nitrogens with zero attached hydrogens (tertiary/aromatic N) is 3. The van der Waals surface area contributed by atoms with Crippen LogP contribution in [0.1, 0.15) is 31.6 Å². The Labute approximate surface area is 191 Å². The van der Waals surface area contributed by atoms with Crippen molar-refractivity contribution in [2.45, 2.75) is 39.7 Å². The minimum atomic E-state index is -0.752. The van der Waals surface area contributed by atoms with Gasteiger partial charge in [0.15, 0.2) is 6.61 Å². The van der Waals surface area contributed by atoms with Crippen molar-refractivity contribution < 1.29 is 19.1 Å². The molecular formula is C24H25N3O4S. The number of rotatable bonds is 7. The lowest BCUT2D eigenvalue weighted by Crippen LogP contribution is -2.48. The summed E-state index contributed by atoms with van der Waals surface area (Å²) >= 11 is 1.56. The molecule has 0 spiro atoms. The van der Waals surface area contributed by atoms with Crippen molar-refractivity contribution >= 4 is 28.9 Å². The second kappa shape index (κ2) is 9.48. The number of anilines is 1. The molecule has 3 aromatic rings. The summed E-state index contributed by atoms with van der Waals surface area (Å²) in [6, 6.07) is 10.6.